The first kappa shape index (κ1) is 75.6. The number of halogens is 1. The molecule has 6 fully saturated rings. The van der Waals surface area contributed by atoms with Crippen molar-refractivity contribution in [1.82, 2.24) is 47.9 Å². The smallest absolute Gasteiger partial charge is 0.298 e. The van der Waals surface area contributed by atoms with E-state index in [0.717, 1.165) is 188 Å². The molecular formula is C89H91ClN12O10S2. The molecule has 6 saturated heterocycles. The first-order chi connectivity index (χ1) is 55.3. The molecule has 2 N–H and O–H groups in total. The predicted molar refractivity (Wildman–Crippen MR) is 443 cm³/mol. The standard InChI is InChI=1S/C32H32N4O4S.C25H26N4O2.C25H29N3O3S.C7H4ClNO/c1-23-11-13-25(14-12-23)41(38,39)36-19-15-26-24(6-4-8-28(26)36)22-35-30(37)10-5-16-32(35)17-20-34(21-18-32)31-33-27-7-2-3-9-29(27)40-31;30-23-9-4-11-25(29(23)17-18-5-3-7-20-19(18)10-14-26-20)12-15-28(16-13-25)24-27-21-6-1-2-8-22(21)31-24;1-19-7-9-21(10-8-19)32(30,31)28-17-11-22-20(4-2-5-23(22)28)18-27-24(29)6-3-12-25(27)13-15-26-16-14-25;8-7-9-5-3-1-2-4-6(5)10-7/h2-4,6-9,11-15,19H,5,10,16-18,20-22H2,1H3;1-3,5-8,10,14,26H,4,9,11-13,15-17H2;2,4-5,7-11,17,26H,3,6,12-16,18H2,1H3;1-4H. The summed E-state index contributed by atoms with van der Waals surface area (Å²) in [6.07, 6.45) is 18.4. The van der Waals surface area contributed by atoms with E-state index in [-0.39, 0.29) is 49.5 Å². The lowest BCUT2D eigenvalue weighted by Gasteiger charge is -2.51. The SMILES string of the molecule is Cc1ccc(S(=O)(=O)n2ccc3c(CN4C(=O)CCCC45CCN(c4nc6ccccc6o4)CC5)cccc32)cc1.Cc1ccc(S(=O)(=O)n2ccc3c(CN4C(=O)CCCC45CCNCC5)cccc32)cc1.Clc1nc2ccccc2o1.O=C1CCCC2(CCN(c3nc4ccccc4o3)CC2)N1Cc1cccc2[nH]ccc12. The van der Waals surface area contributed by atoms with Gasteiger partial charge in [-0.1, -0.05) is 108 Å². The van der Waals surface area contributed by atoms with Crippen molar-refractivity contribution in [2.45, 2.75) is 156 Å². The highest BCUT2D eigenvalue weighted by molar-refractivity contribution is 7.90. The highest BCUT2D eigenvalue weighted by atomic mass is 35.5. The average molecular weight is 1590 g/mol. The first-order valence-corrected chi connectivity index (χ1v) is 42.8. The number of hydrogen-bond donors (Lipinski definition) is 2. The zero-order valence-corrected chi connectivity index (χ0v) is 66.3. The van der Waals surface area contributed by atoms with Crippen molar-refractivity contribution in [2.24, 2.45) is 0 Å². The van der Waals surface area contributed by atoms with Gasteiger partial charge in [0.2, 0.25) is 17.7 Å². The van der Waals surface area contributed by atoms with E-state index in [1.807, 2.05) is 154 Å². The number of oxazole rings is 3. The number of H-pyrrole nitrogens is 1. The summed E-state index contributed by atoms with van der Waals surface area (Å²) in [6, 6.07) is 61.9. The molecule has 20 rings (SSSR count). The van der Waals surface area contributed by atoms with Crippen LogP contribution in [0.2, 0.25) is 5.35 Å². The first-order valence-electron chi connectivity index (χ1n) is 39.5. The average Bonchev–Trinajstić information content (AvgIpc) is 1.16. The number of carbonyl (C=O) groups excluding carboxylic acids is 3. The van der Waals surface area contributed by atoms with Gasteiger partial charge in [0, 0.05) is 122 Å². The van der Waals surface area contributed by atoms with Crippen LogP contribution in [0.3, 0.4) is 0 Å². The number of rotatable bonds is 12. The third-order valence-corrected chi connectivity index (χ3v) is 28.0. The van der Waals surface area contributed by atoms with E-state index in [9.17, 15) is 31.2 Å². The largest absolute Gasteiger partial charge is 0.428 e. The Morgan fingerprint density at radius 2 is 0.798 bits per heavy atom. The van der Waals surface area contributed by atoms with Crippen LogP contribution in [0.5, 0.6) is 0 Å². The van der Waals surface area contributed by atoms with E-state index in [1.165, 1.54) is 18.9 Å². The number of benzene rings is 8. The van der Waals surface area contributed by atoms with Gasteiger partial charge in [-0.25, -0.2) is 24.8 Å². The summed E-state index contributed by atoms with van der Waals surface area (Å²) in [5.74, 6) is 0.659. The molecule has 14 aromatic rings. The fourth-order valence-corrected chi connectivity index (χ4v) is 21.0. The predicted octanol–water partition coefficient (Wildman–Crippen LogP) is 17.0. The number of nitrogens with one attached hydrogen (secondary N) is 2. The van der Waals surface area contributed by atoms with Crippen LogP contribution >= 0.6 is 11.6 Å². The molecule has 6 aliphatic heterocycles. The van der Waals surface area contributed by atoms with Gasteiger partial charge in [0.1, 0.15) is 16.6 Å². The van der Waals surface area contributed by atoms with Crippen LogP contribution in [0.15, 0.2) is 236 Å². The summed E-state index contributed by atoms with van der Waals surface area (Å²) in [5, 5.41) is 6.55. The second-order valence-electron chi connectivity index (χ2n) is 31.2. The number of likely N-dealkylation sites (tertiary alicyclic amines) is 3. The van der Waals surface area contributed by atoms with Crippen molar-refractivity contribution in [3.8, 4) is 0 Å². The van der Waals surface area contributed by atoms with Crippen LogP contribution in [0.25, 0.3) is 66.0 Å². The molecule has 586 valence electrons. The van der Waals surface area contributed by atoms with Crippen molar-refractivity contribution in [3.05, 3.63) is 246 Å². The summed E-state index contributed by atoms with van der Waals surface area (Å²) in [7, 11) is -7.45. The van der Waals surface area contributed by atoms with Crippen molar-refractivity contribution in [3.63, 3.8) is 0 Å². The van der Waals surface area contributed by atoms with Crippen LogP contribution < -0.4 is 15.1 Å². The van der Waals surface area contributed by atoms with Crippen LogP contribution in [0.4, 0.5) is 12.0 Å². The molecule has 22 nitrogen and oxygen atoms in total. The van der Waals surface area contributed by atoms with Gasteiger partial charge in [0.15, 0.2) is 16.7 Å². The van der Waals surface area contributed by atoms with Crippen LogP contribution in [-0.2, 0) is 54.1 Å². The molecule has 3 spiro atoms. The Kier molecular flexibility index (Phi) is 20.8. The topological polar surface area (TPSA) is 251 Å². The number of aromatic amines is 1. The Morgan fingerprint density at radius 1 is 0.412 bits per heavy atom. The van der Waals surface area contributed by atoms with Crippen molar-refractivity contribution < 1.29 is 44.5 Å². The lowest BCUT2D eigenvalue weighted by Crippen LogP contribution is -2.59. The van der Waals surface area contributed by atoms with Crippen LogP contribution in [0, 0.1) is 13.8 Å². The zero-order chi connectivity index (χ0) is 78.4. The molecule has 0 bridgehead atoms. The maximum Gasteiger partial charge on any atom is 0.298 e. The Labute approximate surface area is 666 Å². The fourth-order valence-electron chi connectivity index (χ4n) is 18.1. The molecular weight excluding hydrogens is 1500 g/mol. The lowest BCUT2D eigenvalue weighted by atomic mass is 9.78. The van der Waals surface area contributed by atoms with E-state index in [1.54, 1.807) is 48.8 Å². The summed E-state index contributed by atoms with van der Waals surface area (Å²) in [4.78, 5) is 67.3. The van der Waals surface area contributed by atoms with E-state index < -0.39 is 20.0 Å². The van der Waals surface area contributed by atoms with Crippen molar-refractivity contribution in [2.75, 3.05) is 49.1 Å². The lowest BCUT2D eigenvalue weighted by molar-refractivity contribution is -0.145. The number of aryl methyl sites for hydroxylation is 2. The number of fused-ring (bicyclic) bond motifs is 6. The molecule has 3 amide bonds. The van der Waals surface area contributed by atoms with Crippen LogP contribution in [-0.4, -0.2) is 133 Å². The number of piperidine rings is 6. The zero-order valence-electron chi connectivity index (χ0n) is 63.9. The maximum absolute atomic E-state index is 13.5. The number of anilines is 2. The van der Waals surface area contributed by atoms with Gasteiger partial charge in [-0.2, -0.15) is 15.0 Å². The third-order valence-electron chi connectivity index (χ3n) is 24.4. The van der Waals surface area contributed by atoms with Gasteiger partial charge in [0.05, 0.1) is 20.8 Å². The number of amides is 3. The second-order valence-corrected chi connectivity index (χ2v) is 35.1. The van der Waals surface area contributed by atoms with Gasteiger partial charge < -0.3 is 48.1 Å². The molecule has 114 heavy (non-hydrogen) atoms. The monoisotopic (exact) mass is 1590 g/mol. The molecule has 6 aromatic heterocycles. The van der Waals surface area contributed by atoms with Gasteiger partial charge in [0.25, 0.3) is 37.4 Å². The molecule has 0 atom stereocenters. The molecule has 0 radical (unpaired) electrons. The Hall–Kier alpha value is -11.1. The number of nitrogens with zero attached hydrogens (tertiary/aromatic N) is 10. The minimum atomic E-state index is -3.75. The Morgan fingerprint density at radius 3 is 1.22 bits per heavy atom. The minimum Gasteiger partial charge on any atom is -0.428 e. The molecule has 25 heteroatoms. The fraction of sp³-hybridized carbons (Fsp3) is 0.326. The summed E-state index contributed by atoms with van der Waals surface area (Å²) in [6.45, 7) is 10.6. The molecule has 8 aromatic carbocycles. The summed E-state index contributed by atoms with van der Waals surface area (Å²) in [5.41, 5.74) is 12.1. The highest BCUT2D eigenvalue weighted by Crippen LogP contribution is 2.45. The number of para-hydroxylation sites is 6. The van der Waals surface area contributed by atoms with Gasteiger partial charge in [-0.3, -0.25) is 14.4 Å². The van der Waals surface area contributed by atoms with E-state index in [4.69, 9.17) is 24.9 Å². The number of aromatic nitrogens is 6. The number of hydrogen-bond acceptors (Lipinski definition) is 16. The number of carbonyl (C=O) groups is 3. The minimum absolute atomic E-state index is 0.0731. The summed E-state index contributed by atoms with van der Waals surface area (Å²) >= 11 is 5.51. The van der Waals surface area contributed by atoms with Crippen LogP contribution in [0.1, 0.15) is 124 Å². The highest BCUT2D eigenvalue weighted by Gasteiger charge is 2.48. The molecule has 0 saturated carbocycles. The van der Waals surface area contributed by atoms with Crippen molar-refractivity contribution in [1.29, 1.82) is 0 Å². The summed E-state index contributed by atoms with van der Waals surface area (Å²) < 4.78 is 73.4. The third kappa shape index (κ3) is 14.8. The molecule has 0 aliphatic carbocycles. The van der Waals surface area contributed by atoms with E-state index in [2.05, 4.69) is 74.0 Å². The maximum atomic E-state index is 13.5. The molecule has 6 aliphatic rings. The van der Waals surface area contributed by atoms with Gasteiger partial charge in [-0.05, 0) is 229 Å². The normalized spacial score (nSPS) is 17.8. The Balaban J connectivity index is 0.000000117. The quantitative estimate of drug-likeness (QED) is 0.115. The molecule has 0 unspecified atom stereocenters. The Bertz CT molecular complexity index is 6020. The molecule has 12 heterocycles. The van der Waals surface area contributed by atoms with Gasteiger partial charge >= 0.3 is 0 Å². The van der Waals surface area contributed by atoms with E-state index in [0.29, 0.717) is 62.0 Å². The van der Waals surface area contributed by atoms with Gasteiger partial charge in [-0.15, -0.1) is 0 Å². The van der Waals surface area contributed by atoms with Crippen molar-refractivity contribution >= 4 is 127 Å². The second kappa shape index (κ2) is 31.4. The van der Waals surface area contributed by atoms with E-state index >= 15 is 0 Å².